The molecule has 6 nitrogen and oxygen atoms in total. The molecule has 0 saturated heterocycles. The van der Waals surface area contributed by atoms with Crippen molar-refractivity contribution in [3.8, 4) is 5.75 Å². The Morgan fingerprint density at radius 3 is 2.50 bits per heavy atom. The van der Waals surface area contributed by atoms with E-state index in [1.807, 2.05) is 0 Å². The lowest BCUT2D eigenvalue weighted by Gasteiger charge is -2.15. The van der Waals surface area contributed by atoms with E-state index in [1.165, 1.54) is 23.1 Å². The fourth-order valence-corrected chi connectivity index (χ4v) is 3.52. The average molecular weight is 397 g/mol. The SMILES string of the molecule is Cc1cc(S(=O)(=O)Nc2cccc(Cl)c2C)ccc1OCC(=O)N(C)C. The lowest BCUT2D eigenvalue weighted by Crippen LogP contribution is -2.27. The molecule has 0 aliphatic heterocycles. The van der Waals surface area contributed by atoms with E-state index in [9.17, 15) is 13.2 Å². The molecule has 2 rings (SSSR count). The van der Waals surface area contributed by atoms with E-state index >= 15 is 0 Å². The quantitative estimate of drug-likeness (QED) is 0.813. The van der Waals surface area contributed by atoms with E-state index in [0.717, 1.165) is 0 Å². The number of sulfonamides is 1. The Morgan fingerprint density at radius 2 is 1.88 bits per heavy atom. The number of aryl methyl sites for hydroxylation is 1. The van der Waals surface area contributed by atoms with Gasteiger partial charge in [0.25, 0.3) is 15.9 Å². The van der Waals surface area contributed by atoms with Gasteiger partial charge in [-0.3, -0.25) is 9.52 Å². The first-order chi connectivity index (χ1) is 12.1. The van der Waals surface area contributed by atoms with E-state index < -0.39 is 10.0 Å². The van der Waals surface area contributed by atoms with Crippen molar-refractivity contribution in [2.24, 2.45) is 0 Å². The first-order valence-corrected chi connectivity index (χ1v) is 9.69. The summed E-state index contributed by atoms with van der Waals surface area (Å²) in [6.07, 6.45) is 0. The number of benzene rings is 2. The molecule has 0 saturated carbocycles. The van der Waals surface area contributed by atoms with E-state index in [1.54, 1.807) is 46.1 Å². The number of amides is 1. The zero-order valence-electron chi connectivity index (χ0n) is 15.0. The number of carbonyl (C=O) groups is 1. The van der Waals surface area contributed by atoms with Crippen molar-refractivity contribution in [3.63, 3.8) is 0 Å². The second-order valence-electron chi connectivity index (χ2n) is 6.02. The van der Waals surface area contributed by atoms with E-state index in [0.29, 0.717) is 27.6 Å². The van der Waals surface area contributed by atoms with Crippen LogP contribution < -0.4 is 9.46 Å². The third-order valence-electron chi connectivity index (χ3n) is 3.82. The number of anilines is 1. The Bertz CT molecular complexity index is 927. The smallest absolute Gasteiger partial charge is 0.261 e. The van der Waals surface area contributed by atoms with Gasteiger partial charge in [-0.15, -0.1) is 0 Å². The molecule has 0 radical (unpaired) electrons. The van der Waals surface area contributed by atoms with Crippen LogP contribution in [0.5, 0.6) is 5.75 Å². The molecule has 1 N–H and O–H groups in total. The second kappa shape index (κ2) is 7.97. The summed E-state index contributed by atoms with van der Waals surface area (Å²) in [4.78, 5) is 13.1. The van der Waals surface area contributed by atoms with Gasteiger partial charge in [0.1, 0.15) is 5.75 Å². The zero-order valence-corrected chi connectivity index (χ0v) is 16.6. The molecule has 0 unspecified atom stereocenters. The standard InChI is InChI=1S/C18H21ClN2O4S/c1-12-10-14(8-9-17(12)25-11-18(22)21(3)4)26(23,24)20-16-7-5-6-15(19)13(16)2/h5-10,20H,11H2,1-4H3. The fourth-order valence-electron chi connectivity index (χ4n) is 2.14. The molecular weight excluding hydrogens is 376 g/mol. The van der Waals surface area contributed by atoms with Gasteiger partial charge in [0.05, 0.1) is 10.6 Å². The number of ether oxygens (including phenoxy) is 1. The minimum absolute atomic E-state index is 0.0978. The van der Waals surface area contributed by atoms with E-state index in [4.69, 9.17) is 16.3 Å². The van der Waals surface area contributed by atoms with Crippen LogP contribution in [-0.4, -0.2) is 39.9 Å². The number of halogens is 1. The molecule has 0 aromatic heterocycles. The molecule has 1 amide bonds. The van der Waals surface area contributed by atoms with Gasteiger partial charge >= 0.3 is 0 Å². The van der Waals surface area contributed by atoms with Gasteiger partial charge in [-0.25, -0.2) is 8.42 Å². The molecule has 0 aliphatic carbocycles. The Hall–Kier alpha value is -2.25. The lowest BCUT2D eigenvalue weighted by atomic mass is 10.2. The number of likely N-dealkylation sites (N-methyl/N-ethyl adjacent to an activating group) is 1. The fraction of sp³-hybridized carbons (Fsp3) is 0.278. The molecule has 0 fully saturated rings. The van der Waals surface area contributed by atoms with Crippen LogP contribution in [0.3, 0.4) is 0 Å². The summed E-state index contributed by atoms with van der Waals surface area (Å²) >= 11 is 6.03. The second-order valence-corrected chi connectivity index (χ2v) is 8.11. The number of carbonyl (C=O) groups excluding carboxylic acids is 1. The molecule has 140 valence electrons. The molecule has 26 heavy (non-hydrogen) atoms. The van der Waals surface area contributed by atoms with Crippen molar-refractivity contribution in [2.45, 2.75) is 18.7 Å². The van der Waals surface area contributed by atoms with Crippen molar-refractivity contribution in [1.29, 1.82) is 0 Å². The lowest BCUT2D eigenvalue weighted by molar-refractivity contribution is -0.130. The third-order valence-corrected chi connectivity index (χ3v) is 5.59. The van der Waals surface area contributed by atoms with Gasteiger partial charge in [0.2, 0.25) is 0 Å². The summed E-state index contributed by atoms with van der Waals surface area (Å²) in [7, 11) is -0.503. The third kappa shape index (κ3) is 4.68. The topological polar surface area (TPSA) is 75.7 Å². The van der Waals surface area contributed by atoms with Crippen LogP contribution in [0.2, 0.25) is 5.02 Å². The first-order valence-electron chi connectivity index (χ1n) is 7.83. The number of rotatable bonds is 6. The molecule has 0 atom stereocenters. The average Bonchev–Trinajstić information content (AvgIpc) is 2.57. The Labute approximate surface area is 158 Å². The van der Waals surface area contributed by atoms with Crippen LogP contribution >= 0.6 is 11.6 Å². The van der Waals surface area contributed by atoms with E-state index in [-0.39, 0.29) is 17.4 Å². The van der Waals surface area contributed by atoms with E-state index in [2.05, 4.69) is 4.72 Å². The number of nitrogens with one attached hydrogen (secondary N) is 1. The largest absolute Gasteiger partial charge is 0.483 e. The van der Waals surface area contributed by atoms with Crippen molar-refractivity contribution < 1.29 is 17.9 Å². The number of hydrogen-bond donors (Lipinski definition) is 1. The summed E-state index contributed by atoms with van der Waals surface area (Å²) in [5.41, 5.74) is 1.69. The predicted molar refractivity (Wildman–Crippen MR) is 102 cm³/mol. The highest BCUT2D eigenvalue weighted by atomic mass is 35.5. The highest BCUT2D eigenvalue weighted by Gasteiger charge is 2.17. The van der Waals surface area contributed by atoms with Gasteiger partial charge < -0.3 is 9.64 Å². The highest BCUT2D eigenvalue weighted by molar-refractivity contribution is 7.92. The normalized spacial score (nSPS) is 11.1. The van der Waals surface area contributed by atoms with Crippen LogP contribution in [-0.2, 0) is 14.8 Å². The van der Waals surface area contributed by atoms with Crippen LogP contribution in [0.1, 0.15) is 11.1 Å². The minimum atomic E-state index is -3.78. The highest BCUT2D eigenvalue weighted by Crippen LogP contribution is 2.27. The van der Waals surface area contributed by atoms with Crippen molar-refractivity contribution in [3.05, 3.63) is 52.5 Å². The van der Waals surface area contributed by atoms with Gasteiger partial charge in [-0.2, -0.15) is 0 Å². The summed E-state index contributed by atoms with van der Waals surface area (Å²) in [6.45, 7) is 3.35. The monoisotopic (exact) mass is 396 g/mol. The maximum atomic E-state index is 12.6. The number of hydrogen-bond acceptors (Lipinski definition) is 4. The summed E-state index contributed by atoms with van der Waals surface area (Å²) in [6, 6.07) is 9.49. The molecule has 2 aromatic carbocycles. The summed E-state index contributed by atoms with van der Waals surface area (Å²) in [5, 5.41) is 0.482. The van der Waals surface area contributed by atoms with Crippen molar-refractivity contribution in [2.75, 3.05) is 25.4 Å². The Morgan fingerprint density at radius 1 is 1.19 bits per heavy atom. The number of nitrogens with zero attached hydrogens (tertiary/aromatic N) is 1. The molecule has 0 spiro atoms. The van der Waals surface area contributed by atoms with Crippen LogP contribution in [0, 0.1) is 13.8 Å². The van der Waals surface area contributed by atoms with Gasteiger partial charge in [0.15, 0.2) is 6.61 Å². The molecule has 0 heterocycles. The predicted octanol–water partition coefficient (Wildman–Crippen LogP) is 3.22. The first kappa shape index (κ1) is 20.1. The summed E-state index contributed by atoms with van der Waals surface area (Å²) < 4.78 is 33.3. The van der Waals surface area contributed by atoms with Gasteiger partial charge in [0, 0.05) is 19.1 Å². The van der Waals surface area contributed by atoms with Crippen molar-refractivity contribution in [1.82, 2.24) is 4.90 Å². The Kier molecular flexibility index (Phi) is 6.15. The molecule has 8 heteroatoms. The minimum Gasteiger partial charge on any atom is -0.483 e. The summed E-state index contributed by atoms with van der Waals surface area (Å²) in [5.74, 6) is 0.275. The zero-order chi connectivity index (χ0) is 19.5. The maximum absolute atomic E-state index is 12.6. The maximum Gasteiger partial charge on any atom is 0.261 e. The van der Waals surface area contributed by atoms with Crippen LogP contribution in [0.4, 0.5) is 5.69 Å². The molecule has 0 aliphatic rings. The molecule has 0 bridgehead atoms. The van der Waals surface area contributed by atoms with Crippen molar-refractivity contribution >= 4 is 33.2 Å². The molecule has 2 aromatic rings. The van der Waals surface area contributed by atoms with Gasteiger partial charge in [-0.05, 0) is 55.3 Å². The van der Waals surface area contributed by atoms with Crippen LogP contribution in [0.25, 0.3) is 0 Å². The van der Waals surface area contributed by atoms with Crippen LogP contribution in [0.15, 0.2) is 41.3 Å². The van der Waals surface area contributed by atoms with Gasteiger partial charge in [-0.1, -0.05) is 17.7 Å². The molecular formula is C18H21ClN2O4S. The Balaban J connectivity index is 2.21.